The Morgan fingerprint density at radius 3 is 2.31 bits per heavy atom. The third kappa shape index (κ3) is 5.64. The van der Waals surface area contributed by atoms with E-state index in [-0.39, 0.29) is 22.3 Å². The van der Waals surface area contributed by atoms with Crippen LogP contribution in [0.15, 0.2) is 18.5 Å². The molecule has 1 saturated heterocycles. The van der Waals surface area contributed by atoms with Gasteiger partial charge >= 0.3 is 0 Å². The van der Waals surface area contributed by atoms with Crippen molar-refractivity contribution in [3.05, 3.63) is 24.0 Å². The first kappa shape index (κ1) is 27.5. The summed E-state index contributed by atoms with van der Waals surface area (Å²) in [5, 5.41) is 11.8. The van der Waals surface area contributed by atoms with Crippen LogP contribution < -0.4 is 5.73 Å². The minimum atomic E-state index is -2.40. The molecule has 8 heteroatoms. The van der Waals surface area contributed by atoms with Crippen LogP contribution in [0.1, 0.15) is 72.5 Å². The first-order valence-corrected chi connectivity index (χ1v) is 17.6. The van der Waals surface area contributed by atoms with E-state index in [9.17, 15) is 9.90 Å². The lowest BCUT2D eigenvalue weighted by Gasteiger charge is -2.52. The van der Waals surface area contributed by atoms with Crippen LogP contribution in [0.4, 0.5) is 5.69 Å². The highest BCUT2D eigenvalue weighted by Gasteiger charge is 2.53. The Labute approximate surface area is 197 Å². The molecule has 0 saturated carbocycles. The van der Waals surface area contributed by atoms with Crippen LogP contribution in [-0.4, -0.2) is 49.3 Å². The zero-order valence-electron chi connectivity index (χ0n) is 21.8. The fraction of sp³-hybridized carbons (Fsp3) is 0.792. The van der Waals surface area contributed by atoms with Gasteiger partial charge in [-0.15, -0.1) is 0 Å². The van der Waals surface area contributed by atoms with E-state index in [1.165, 1.54) is 0 Å². The monoisotopic (exact) mass is 482 g/mol. The molecule has 0 bridgehead atoms. The summed E-state index contributed by atoms with van der Waals surface area (Å²) in [5.74, 6) is 0. The van der Waals surface area contributed by atoms with Gasteiger partial charge in [-0.1, -0.05) is 34.6 Å². The van der Waals surface area contributed by atoms with E-state index in [0.717, 1.165) is 5.56 Å². The van der Waals surface area contributed by atoms with E-state index in [4.69, 9.17) is 14.9 Å². The minimum absolute atomic E-state index is 0.0138. The van der Waals surface area contributed by atoms with E-state index >= 15 is 0 Å². The smallest absolute Gasteiger partial charge is 0.192 e. The first-order chi connectivity index (χ1) is 14.3. The maximum absolute atomic E-state index is 12.1. The van der Waals surface area contributed by atoms with Crippen LogP contribution in [0, 0.1) is 0 Å². The number of nitrogen functional groups attached to an aromatic ring is 1. The van der Waals surface area contributed by atoms with Gasteiger partial charge in [-0.3, -0.25) is 4.98 Å². The molecule has 0 radical (unpaired) electrons. The quantitative estimate of drug-likeness (QED) is 0.451. The summed E-state index contributed by atoms with van der Waals surface area (Å²) in [4.78, 5) is 14.9. The van der Waals surface area contributed by atoms with Crippen molar-refractivity contribution in [3.8, 4) is 0 Å². The fourth-order valence-corrected chi connectivity index (χ4v) is 5.96. The second kappa shape index (κ2) is 9.11. The van der Waals surface area contributed by atoms with Crippen molar-refractivity contribution >= 4 is 22.3 Å². The number of hydrogen-bond donors (Lipinski definition) is 3. The normalized spacial score (nSPS) is 28.1. The molecule has 1 fully saturated rings. The van der Waals surface area contributed by atoms with Crippen molar-refractivity contribution in [3.63, 3.8) is 0 Å². The lowest BCUT2D eigenvalue weighted by atomic mass is 9.78. The van der Waals surface area contributed by atoms with Crippen LogP contribution in [0.25, 0.3) is 0 Å². The summed E-state index contributed by atoms with van der Waals surface area (Å²) in [5.41, 5.74) is 6.55. The molecule has 1 aliphatic heterocycles. The highest BCUT2D eigenvalue weighted by molar-refractivity contribution is 6.74. The molecule has 0 spiro atoms. The van der Waals surface area contributed by atoms with Crippen molar-refractivity contribution in [2.24, 2.45) is 0 Å². The third-order valence-corrected chi connectivity index (χ3v) is 16.4. The van der Waals surface area contributed by atoms with Crippen molar-refractivity contribution in [2.75, 3.05) is 5.73 Å². The highest BCUT2D eigenvalue weighted by Crippen LogP contribution is 2.49. The molecule has 32 heavy (non-hydrogen) atoms. The zero-order valence-corrected chi connectivity index (χ0v) is 23.8. The van der Waals surface area contributed by atoms with Gasteiger partial charge in [0.2, 0.25) is 0 Å². The predicted molar refractivity (Wildman–Crippen MR) is 137 cm³/mol. The average molecular weight is 483 g/mol. The number of hydrogen-bond acceptors (Lipinski definition) is 6. The van der Waals surface area contributed by atoms with Gasteiger partial charge in [0.25, 0.3) is 0 Å². The van der Waals surface area contributed by atoms with Crippen LogP contribution in [0.2, 0.25) is 36.3 Å². The van der Waals surface area contributed by atoms with Crippen LogP contribution in [0.3, 0.4) is 0 Å². The summed E-state index contributed by atoms with van der Waals surface area (Å²) >= 11 is 0. The summed E-state index contributed by atoms with van der Waals surface area (Å²) in [6, 6.07) is 1.89. The molecular weight excluding hydrogens is 436 g/mol. The van der Waals surface area contributed by atoms with E-state index in [1.54, 1.807) is 12.4 Å². The lowest BCUT2D eigenvalue weighted by Crippen LogP contribution is -2.61. The van der Waals surface area contributed by atoms with Gasteiger partial charge in [0.05, 0.1) is 30.2 Å². The maximum atomic E-state index is 12.1. The van der Waals surface area contributed by atoms with Crippen LogP contribution in [0.5, 0.6) is 0 Å². The van der Waals surface area contributed by atoms with Gasteiger partial charge < -0.3 is 24.8 Å². The van der Waals surface area contributed by atoms with Crippen molar-refractivity contribution in [1.82, 2.24) is 4.98 Å². The largest absolute Gasteiger partial charge is 0.432 e. The molecule has 0 aromatic carbocycles. The standard InChI is InChI=1S/C24H46N2O4Si2/c1-17-24(27,13-12-23(5,6)31(7,8)28)21(30-32(9,10)22(2,3)4)15-20(29-17)18-11-14-26-16-19(18)25/h11,14,16-17,20-21,27-28H,12-13,15,25H2,1-10H3/t17-,20-,21-,24-/m1/s1. The second-order valence-corrected chi connectivity index (χ2v) is 21.5. The number of ether oxygens (including phenoxy) is 1. The molecule has 2 rings (SSSR count). The van der Waals surface area contributed by atoms with Gasteiger partial charge in [-0.25, -0.2) is 0 Å². The molecule has 1 aliphatic rings. The number of pyridine rings is 1. The number of anilines is 1. The zero-order chi connectivity index (χ0) is 24.8. The number of aromatic nitrogens is 1. The fourth-order valence-electron chi connectivity index (χ4n) is 3.86. The SMILES string of the molecule is C[C@H]1O[C@@H](c2ccncc2N)C[C@@H](O[Si](C)(C)C(C)(C)C)[C@@]1(O)CCC(C)(C)[Si](C)(C)O. The Morgan fingerprint density at radius 2 is 1.81 bits per heavy atom. The van der Waals surface area contributed by atoms with E-state index < -0.39 is 28.3 Å². The lowest BCUT2D eigenvalue weighted by molar-refractivity contribution is -0.223. The molecule has 1 aromatic heterocycles. The Bertz CT molecular complexity index is 789. The van der Waals surface area contributed by atoms with E-state index in [2.05, 4.69) is 52.7 Å². The number of nitrogens with two attached hydrogens (primary N) is 1. The molecule has 2 heterocycles. The second-order valence-electron chi connectivity index (χ2n) is 12.3. The number of aliphatic hydroxyl groups is 1. The molecule has 0 amide bonds. The number of rotatable bonds is 7. The maximum Gasteiger partial charge on any atom is 0.192 e. The van der Waals surface area contributed by atoms with E-state index in [1.807, 2.05) is 26.1 Å². The molecular formula is C24H46N2O4Si2. The van der Waals surface area contributed by atoms with Gasteiger partial charge in [-0.2, -0.15) is 0 Å². The minimum Gasteiger partial charge on any atom is -0.432 e. The summed E-state index contributed by atoms with van der Waals surface area (Å²) in [6.45, 7) is 21.1. The Kier molecular flexibility index (Phi) is 7.82. The summed E-state index contributed by atoms with van der Waals surface area (Å²) < 4.78 is 13.2. The molecule has 4 N–H and O–H groups in total. The molecule has 0 unspecified atom stereocenters. The molecule has 4 atom stereocenters. The van der Waals surface area contributed by atoms with Gasteiger partial charge in [-0.05, 0) is 62.1 Å². The van der Waals surface area contributed by atoms with Crippen molar-refractivity contribution < 1.29 is 19.1 Å². The van der Waals surface area contributed by atoms with Crippen LogP contribution >= 0.6 is 0 Å². The summed E-state index contributed by atoms with van der Waals surface area (Å²) in [6.07, 6.45) is 4.02. The van der Waals surface area contributed by atoms with Crippen LogP contribution in [-0.2, 0) is 9.16 Å². The number of nitrogens with zero attached hydrogens (tertiary/aromatic N) is 1. The Morgan fingerprint density at radius 1 is 1.22 bits per heavy atom. The highest BCUT2D eigenvalue weighted by atomic mass is 28.4. The predicted octanol–water partition coefficient (Wildman–Crippen LogP) is 5.39. The van der Waals surface area contributed by atoms with Gasteiger partial charge in [0.1, 0.15) is 5.60 Å². The molecule has 0 aliphatic carbocycles. The Balaban J connectivity index is 2.41. The summed E-state index contributed by atoms with van der Waals surface area (Å²) in [7, 11) is -4.57. The topological polar surface area (TPSA) is 97.8 Å². The Hall–Kier alpha value is -0.776. The van der Waals surface area contributed by atoms with Crippen molar-refractivity contribution in [2.45, 2.75) is 121 Å². The van der Waals surface area contributed by atoms with Gasteiger partial charge in [0.15, 0.2) is 16.6 Å². The molecule has 1 aromatic rings. The van der Waals surface area contributed by atoms with Crippen molar-refractivity contribution in [1.29, 1.82) is 0 Å². The third-order valence-electron chi connectivity index (χ3n) is 8.34. The van der Waals surface area contributed by atoms with Gasteiger partial charge in [0, 0.05) is 18.2 Å². The molecule has 184 valence electrons. The molecule has 6 nitrogen and oxygen atoms in total. The average Bonchev–Trinajstić information content (AvgIpc) is 2.62. The first-order valence-electron chi connectivity index (χ1n) is 11.8. The van der Waals surface area contributed by atoms with E-state index in [0.29, 0.717) is 24.9 Å².